The van der Waals surface area contributed by atoms with Gasteiger partial charge < -0.3 is 4.74 Å². The Labute approximate surface area is 127 Å². The van der Waals surface area contributed by atoms with Crippen molar-refractivity contribution in [2.75, 3.05) is 14.2 Å². The van der Waals surface area contributed by atoms with E-state index in [2.05, 4.69) is 62.9 Å². The Bertz CT molecular complexity index is 690. The second kappa shape index (κ2) is 4.87. The largest absolute Gasteiger partial charge is 0.497 e. The van der Waals surface area contributed by atoms with Crippen molar-refractivity contribution >= 4 is 11.3 Å². The highest BCUT2D eigenvalue weighted by Crippen LogP contribution is 2.47. The van der Waals surface area contributed by atoms with Gasteiger partial charge in [-0.3, -0.25) is 0 Å². The fourth-order valence-corrected chi connectivity index (χ4v) is 3.47. The number of nitrogens with zero attached hydrogens (tertiary/aromatic N) is 1. The Morgan fingerprint density at radius 1 is 1.24 bits per heavy atom. The van der Waals surface area contributed by atoms with Gasteiger partial charge in [0.2, 0.25) is 0 Å². The van der Waals surface area contributed by atoms with Crippen molar-refractivity contribution in [3.05, 3.63) is 47.2 Å². The highest BCUT2D eigenvalue weighted by Gasteiger charge is 2.35. The number of methoxy groups -OCH3 is 1. The first-order chi connectivity index (χ1) is 9.94. The minimum Gasteiger partial charge on any atom is -0.497 e. The van der Waals surface area contributed by atoms with E-state index in [1.54, 1.807) is 7.11 Å². The highest BCUT2D eigenvalue weighted by molar-refractivity contribution is 6.07. The second-order valence-electron chi connectivity index (χ2n) is 6.71. The van der Waals surface area contributed by atoms with E-state index >= 15 is 0 Å². The molecule has 0 amide bonds. The SMILES string of the molecule is COc1ccc2c(c1)CCC(C)(C)/C2=C1\C=C[N+](C)=C1C. The maximum absolute atomic E-state index is 5.39. The van der Waals surface area contributed by atoms with Gasteiger partial charge in [-0.2, -0.15) is 0 Å². The lowest BCUT2D eigenvalue weighted by molar-refractivity contribution is -0.418. The Balaban J connectivity index is 2.25. The molecule has 1 aliphatic heterocycles. The fourth-order valence-electron chi connectivity index (χ4n) is 3.47. The van der Waals surface area contributed by atoms with Crippen LogP contribution in [0.4, 0.5) is 0 Å². The molecule has 2 heteroatoms. The maximum Gasteiger partial charge on any atom is 0.185 e. The molecule has 3 rings (SSSR count). The van der Waals surface area contributed by atoms with Crippen molar-refractivity contribution < 1.29 is 9.31 Å². The third kappa shape index (κ3) is 2.23. The van der Waals surface area contributed by atoms with Gasteiger partial charge in [-0.1, -0.05) is 19.9 Å². The van der Waals surface area contributed by atoms with Crippen molar-refractivity contribution in [3.8, 4) is 5.75 Å². The molecule has 0 radical (unpaired) electrons. The van der Waals surface area contributed by atoms with Gasteiger partial charge in [0, 0.05) is 13.0 Å². The molecule has 0 fully saturated rings. The number of rotatable bonds is 1. The number of fused-ring (bicyclic) bond motifs is 1. The van der Waals surface area contributed by atoms with E-state index in [4.69, 9.17) is 4.74 Å². The van der Waals surface area contributed by atoms with Crippen LogP contribution in [0.15, 0.2) is 36.0 Å². The smallest absolute Gasteiger partial charge is 0.185 e. The van der Waals surface area contributed by atoms with E-state index in [1.807, 2.05) is 0 Å². The van der Waals surface area contributed by atoms with E-state index < -0.39 is 0 Å². The average molecular weight is 282 g/mol. The van der Waals surface area contributed by atoms with Crippen LogP contribution in [-0.4, -0.2) is 24.4 Å². The van der Waals surface area contributed by atoms with Gasteiger partial charge in [0.25, 0.3) is 0 Å². The molecule has 0 N–H and O–H groups in total. The average Bonchev–Trinajstić information content (AvgIpc) is 2.78. The molecule has 1 aromatic rings. The third-order valence-electron chi connectivity index (χ3n) is 4.93. The molecule has 0 spiro atoms. The van der Waals surface area contributed by atoms with Crippen LogP contribution in [0.25, 0.3) is 5.57 Å². The summed E-state index contributed by atoms with van der Waals surface area (Å²) in [6.45, 7) is 6.93. The van der Waals surface area contributed by atoms with Crippen molar-refractivity contribution in [1.29, 1.82) is 0 Å². The van der Waals surface area contributed by atoms with Crippen LogP contribution in [0.5, 0.6) is 5.75 Å². The van der Waals surface area contributed by atoms with Gasteiger partial charge in [0.1, 0.15) is 12.8 Å². The minimum atomic E-state index is 0.202. The molecule has 1 heterocycles. The molecule has 0 atom stereocenters. The summed E-state index contributed by atoms with van der Waals surface area (Å²) < 4.78 is 7.59. The van der Waals surface area contributed by atoms with Crippen molar-refractivity contribution in [2.24, 2.45) is 5.41 Å². The van der Waals surface area contributed by atoms with E-state index in [1.165, 1.54) is 34.4 Å². The summed E-state index contributed by atoms with van der Waals surface area (Å²) in [6.07, 6.45) is 6.71. The molecular weight excluding hydrogens is 258 g/mol. The molecule has 110 valence electrons. The molecule has 2 aliphatic rings. The van der Waals surface area contributed by atoms with E-state index in [0.717, 1.165) is 12.2 Å². The molecule has 0 saturated heterocycles. The van der Waals surface area contributed by atoms with Crippen molar-refractivity contribution in [1.82, 2.24) is 0 Å². The van der Waals surface area contributed by atoms with Gasteiger partial charge >= 0.3 is 0 Å². The Kier molecular flexibility index (Phi) is 3.27. The molecule has 21 heavy (non-hydrogen) atoms. The van der Waals surface area contributed by atoms with E-state index in [0.29, 0.717) is 0 Å². The summed E-state index contributed by atoms with van der Waals surface area (Å²) in [4.78, 5) is 0. The minimum absolute atomic E-state index is 0.202. The van der Waals surface area contributed by atoms with Crippen molar-refractivity contribution in [2.45, 2.75) is 33.6 Å². The summed E-state index contributed by atoms with van der Waals surface area (Å²) in [5.41, 5.74) is 7.20. The fraction of sp³-hybridized carbons (Fsp3) is 0.421. The normalized spacial score (nSPS) is 23.5. The number of hydrogen-bond acceptors (Lipinski definition) is 1. The molecule has 2 nitrogen and oxygen atoms in total. The zero-order valence-electron chi connectivity index (χ0n) is 13.7. The highest BCUT2D eigenvalue weighted by atomic mass is 16.5. The van der Waals surface area contributed by atoms with Gasteiger partial charge in [0.15, 0.2) is 11.9 Å². The Morgan fingerprint density at radius 2 is 2.00 bits per heavy atom. The van der Waals surface area contributed by atoms with Gasteiger partial charge in [-0.15, -0.1) is 0 Å². The summed E-state index contributed by atoms with van der Waals surface area (Å²) in [5.74, 6) is 0.956. The quantitative estimate of drug-likeness (QED) is 0.708. The summed E-state index contributed by atoms with van der Waals surface area (Å²) in [5, 5.41) is 0. The summed E-state index contributed by atoms with van der Waals surface area (Å²) in [7, 11) is 3.85. The first kappa shape index (κ1) is 14.1. The predicted octanol–water partition coefficient (Wildman–Crippen LogP) is 4.05. The summed E-state index contributed by atoms with van der Waals surface area (Å²) >= 11 is 0. The number of hydrogen-bond donors (Lipinski definition) is 0. The first-order valence-corrected chi connectivity index (χ1v) is 7.61. The maximum atomic E-state index is 5.39. The Morgan fingerprint density at radius 3 is 2.62 bits per heavy atom. The molecule has 0 aromatic heterocycles. The monoisotopic (exact) mass is 282 g/mol. The van der Waals surface area contributed by atoms with Crippen LogP contribution in [-0.2, 0) is 6.42 Å². The topological polar surface area (TPSA) is 12.2 Å². The van der Waals surface area contributed by atoms with Gasteiger partial charge in [0.05, 0.1) is 12.7 Å². The Hall–Kier alpha value is -1.83. The number of benzene rings is 1. The molecule has 1 aromatic carbocycles. The zero-order chi connectivity index (χ0) is 15.2. The van der Waals surface area contributed by atoms with Crippen LogP contribution < -0.4 is 4.74 Å². The second-order valence-corrected chi connectivity index (χ2v) is 6.71. The summed E-state index contributed by atoms with van der Waals surface area (Å²) in [6, 6.07) is 6.51. The van der Waals surface area contributed by atoms with Crippen LogP contribution >= 0.6 is 0 Å². The lowest BCUT2D eigenvalue weighted by Crippen LogP contribution is -2.24. The van der Waals surface area contributed by atoms with E-state index in [-0.39, 0.29) is 5.41 Å². The number of allylic oxidation sites excluding steroid dienone is 3. The van der Waals surface area contributed by atoms with Crippen molar-refractivity contribution in [3.63, 3.8) is 0 Å². The third-order valence-corrected chi connectivity index (χ3v) is 4.93. The van der Waals surface area contributed by atoms with Crippen LogP contribution in [0.2, 0.25) is 0 Å². The van der Waals surface area contributed by atoms with Gasteiger partial charge in [-0.05, 0) is 47.1 Å². The van der Waals surface area contributed by atoms with Crippen LogP contribution in [0.1, 0.15) is 38.3 Å². The molecule has 0 saturated carbocycles. The zero-order valence-corrected chi connectivity index (χ0v) is 13.7. The predicted molar refractivity (Wildman–Crippen MR) is 88.0 cm³/mol. The van der Waals surface area contributed by atoms with E-state index in [9.17, 15) is 0 Å². The molecule has 1 aliphatic carbocycles. The lowest BCUT2D eigenvalue weighted by atomic mass is 9.68. The van der Waals surface area contributed by atoms with Crippen LogP contribution in [0.3, 0.4) is 0 Å². The number of aryl methyl sites for hydroxylation is 1. The first-order valence-electron chi connectivity index (χ1n) is 7.61. The molecular formula is C19H24NO+. The van der Waals surface area contributed by atoms with Crippen LogP contribution in [0, 0.1) is 5.41 Å². The molecule has 0 bridgehead atoms. The standard InChI is InChI=1S/C19H24NO/c1-13-16(9-11-20(13)4)18-17-7-6-15(21-5)12-14(17)8-10-19(18,2)3/h6-7,9,11-12H,8,10H2,1-5H3/q+1/b18-16+. The van der Waals surface area contributed by atoms with Gasteiger partial charge in [-0.25, -0.2) is 4.58 Å². The molecule has 0 unspecified atom stereocenters. The lowest BCUT2D eigenvalue weighted by Gasteiger charge is -2.35. The number of ether oxygens (including phenoxy) is 1.